The summed E-state index contributed by atoms with van der Waals surface area (Å²) >= 11 is 0. The lowest BCUT2D eigenvalue weighted by Gasteiger charge is -2.32. The van der Waals surface area contributed by atoms with Crippen molar-refractivity contribution in [1.29, 1.82) is 0 Å². The summed E-state index contributed by atoms with van der Waals surface area (Å²) < 4.78 is 25.7. The number of aromatic nitrogens is 1. The van der Waals surface area contributed by atoms with Crippen LogP contribution in [0.25, 0.3) is 17.2 Å². The molecule has 2 rings (SSSR count). The lowest BCUT2D eigenvalue weighted by atomic mass is 9.85. The van der Waals surface area contributed by atoms with Gasteiger partial charge >= 0.3 is 5.97 Å². The van der Waals surface area contributed by atoms with Crippen LogP contribution in [-0.2, 0) is 26.5 Å². The van der Waals surface area contributed by atoms with Crippen molar-refractivity contribution in [2.75, 3.05) is 7.11 Å². The van der Waals surface area contributed by atoms with Gasteiger partial charge < -0.3 is 24.8 Å². The average Bonchev–Trinajstić information content (AvgIpc) is 2.76. The van der Waals surface area contributed by atoms with Gasteiger partial charge in [0.2, 0.25) is 0 Å². The van der Waals surface area contributed by atoms with Crippen LogP contribution in [-0.4, -0.2) is 51.7 Å². The number of hydrogen-bond acceptors (Lipinski definition) is 6. The van der Waals surface area contributed by atoms with Crippen LogP contribution >= 0.6 is 0 Å². The topological polar surface area (TPSA) is 109 Å². The second kappa shape index (κ2) is 13.2. The molecule has 0 aliphatic carbocycles. The minimum atomic E-state index is -1.18. The standard InChI is InChI=1S/C29H40FNO6/c1-17(2)27-23(13-12-21(32)14-22(33)15-25(34)35)26(19-8-10-20(30)11-9-19)24(16-36-7)28(31-27)29(5,6)37-18(3)4/h8-13,17-18,21-22,32-33H,14-16H2,1-7H3,(H,34,35). The molecule has 0 spiro atoms. The lowest BCUT2D eigenvalue weighted by molar-refractivity contribution is -0.139. The van der Waals surface area contributed by atoms with Gasteiger partial charge in [0.05, 0.1) is 42.7 Å². The SMILES string of the molecule is COCc1c(C(C)(C)OC(C)C)nc(C(C)C)c(C=CC(O)CC(O)CC(=O)O)c1-c1ccc(F)cc1. The van der Waals surface area contributed by atoms with Crippen molar-refractivity contribution < 1.29 is 34.0 Å². The number of aliphatic hydroxyl groups excluding tert-OH is 2. The highest BCUT2D eigenvalue weighted by Gasteiger charge is 2.32. The smallest absolute Gasteiger partial charge is 0.305 e. The van der Waals surface area contributed by atoms with Crippen molar-refractivity contribution in [2.24, 2.45) is 0 Å². The molecule has 1 aromatic heterocycles. The van der Waals surface area contributed by atoms with E-state index in [4.69, 9.17) is 19.6 Å². The number of benzene rings is 1. The molecule has 2 aromatic rings. The van der Waals surface area contributed by atoms with Crippen LogP contribution in [0.1, 0.15) is 82.8 Å². The molecule has 2 unspecified atom stereocenters. The molecular weight excluding hydrogens is 477 g/mol. The van der Waals surface area contributed by atoms with E-state index in [1.54, 1.807) is 25.3 Å². The minimum Gasteiger partial charge on any atom is -0.481 e. The number of carboxylic acid groups (broad SMARTS) is 1. The summed E-state index contributed by atoms with van der Waals surface area (Å²) in [5.74, 6) is -1.52. The second-order valence-electron chi connectivity index (χ2n) is 10.3. The van der Waals surface area contributed by atoms with E-state index in [0.29, 0.717) is 5.69 Å². The van der Waals surface area contributed by atoms with Gasteiger partial charge in [0, 0.05) is 24.7 Å². The van der Waals surface area contributed by atoms with Crippen LogP contribution in [0.3, 0.4) is 0 Å². The maximum atomic E-state index is 13.9. The monoisotopic (exact) mass is 517 g/mol. The molecule has 0 bridgehead atoms. The number of pyridine rings is 1. The fourth-order valence-corrected chi connectivity index (χ4v) is 4.49. The van der Waals surface area contributed by atoms with E-state index in [1.165, 1.54) is 18.2 Å². The van der Waals surface area contributed by atoms with E-state index in [2.05, 4.69) is 0 Å². The number of hydrogen-bond donors (Lipinski definition) is 3. The lowest BCUT2D eigenvalue weighted by Crippen LogP contribution is -2.29. The minimum absolute atomic E-state index is 0.0150. The van der Waals surface area contributed by atoms with Gasteiger partial charge in [0.15, 0.2) is 0 Å². The molecule has 3 N–H and O–H groups in total. The summed E-state index contributed by atoms with van der Waals surface area (Å²) in [5, 5.41) is 29.4. The van der Waals surface area contributed by atoms with E-state index >= 15 is 0 Å². The van der Waals surface area contributed by atoms with Gasteiger partial charge in [-0.3, -0.25) is 9.78 Å². The highest BCUT2D eigenvalue weighted by molar-refractivity contribution is 5.80. The Labute approximate surface area is 219 Å². The molecular formula is C29H40FNO6. The zero-order chi connectivity index (χ0) is 27.9. The Morgan fingerprint density at radius 2 is 1.76 bits per heavy atom. The van der Waals surface area contributed by atoms with Gasteiger partial charge in [-0.15, -0.1) is 0 Å². The van der Waals surface area contributed by atoms with Crippen LogP contribution in [0.15, 0.2) is 30.3 Å². The fraction of sp³-hybridized carbons (Fsp3) is 0.517. The number of nitrogens with zero attached hydrogens (tertiary/aromatic N) is 1. The van der Waals surface area contributed by atoms with Crippen molar-refractivity contribution in [3.05, 3.63) is 58.7 Å². The Morgan fingerprint density at radius 1 is 1.14 bits per heavy atom. The first-order valence-electron chi connectivity index (χ1n) is 12.5. The van der Waals surface area contributed by atoms with E-state index in [1.807, 2.05) is 41.5 Å². The summed E-state index contributed by atoms with van der Waals surface area (Å²) in [6, 6.07) is 6.17. The van der Waals surface area contributed by atoms with Gasteiger partial charge in [-0.1, -0.05) is 38.1 Å². The molecule has 1 aromatic carbocycles. The number of aliphatic hydroxyl groups is 2. The van der Waals surface area contributed by atoms with Gasteiger partial charge in [-0.25, -0.2) is 4.39 Å². The normalized spacial score (nSPS) is 14.1. The Kier molecular flexibility index (Phi) is 10.9. The first-order chi connectivity index (χ1) is 17.3. The van der Waals surface area contributed by atoms with Crippen LogP contribution in [0.4, 0.5) is 4.39 Å². The van der Waals surface area contributed by atoms with E-state index in [0.717, 1.165) is 27.9 Å². The third kappa shape index (κ3) is 8.43. The molecule has 0 fully saturated rings. The first kappa shape index (κ1) is 30.6. The molecule has 1 heterocycles. The van der Waals surface area contributed by atoms with Crippen molar-refractivity contribution in [2.45, 2.75) is 90.8 Å². The van der Waals surface area contributed by atoms with Crippen molar-refractivity contribution in [3.63, 3.8) is 0 Å². The largest absolute Gasteiger partial charge is 0.481 e. The number of ether oxygens (including phenoxy) is 2. The summed E-state index contributed by atoms with van der Waals surface area (Å²) in [6.07, 6.45) is 0.347. The predicted molar refractivity (Wildman–Crippen MR) is 142 cm³/mol. The van der Waals surface area contributed by atoms with E-state index < -0.39 is 30.2 Å². The molecule has 0 saturated heterocycles. The highest BCUT2D eigenvalue weighted by atomic mass is 19.1. The van der Waals surface area contributed by atoms with Crippen molar-refractivity contribution in [3.8, 4) is 11.1 Å². The Balaban J connectivity index is 2.81. The van der Waals surface area contributed by atoms with Crippen LogP contribution < -0.4 is 0 Å². The molecule has 8 heteroatoms. The molecule has 0 saturated carbocycles. The molecule has 0 aliphatic heterocycles. The van der Waals surface area contributed by atoms with Crippen LogP contribution in [0.5, 0.6) is 0 Å². The number of halogens is 1. The molecule has 0 amide bonds. The van der Waals surface area contributed by atoms with E-state index in [9.17, 15) is 19.4 Å². The molecule has 7 nitrogen and oxygen atoms in total. The fourth-order valence-electron chi connectivity index (χ4n) is 4.49. The quantitative estimate of drug-likeness (QED) is 0.326. The molecule has 0 radical (unpaired) electrons. The van der Waals surface area contributed by atoms with Crippen molar-refractivity contribution in [1.82, 2.24) is 4.98 Å². The zero-order valence-corrected chi connectivity index (χ0v) is 22.8. The first-order valence-corrected chi connectivity index (χ1v) is 12.5. The Bertz CT molecular complexity index is 1080. The number of carboxylic acids is 1. The maximum Gasteiger partial charge on any atom is 0.305 e. The summed E-state index contributed by atoms with van der Waals surface area (Å²) in [5.41, 5.74) is 3.74. The Morgan fingerprint density at radius 3 is 2.27 bits per heavy atom. The number of methoxy groups -OCH3 is 1. The molecule has 0 aliphatic rings. The van der Waals surface area contributed by atoms with Gasteiger partial charge in [0.1, 0.15) is 11.4 Å². The zero-order valence-electron chi connectivity index (χ0n) is 22.8. The predicted octanol–water partition coefficient (Wildman–Crippen LogP) is 5.42. The summed E-state index contributed by atoms with van der Waals surface area (Å²) in [7, 11) is 1.59. The van der Waals surface area contributed by atoms with Crippen LogP contribution in [0.2, 0.25) is 0 Å². The molecule has 204 valence electrons. The maximum absolute atomic E-state index is 13.9. The average molecular weight is 518 g/mol. The Hall–Kier alpha value is -2.65. The van der Waals surface area contributed by atoms with Crippen LogP contribution in [0, 0.1) is 5.82 Å². The number of rotatable bonds is 13. The third-order valence-electron chi connectivity index (χ3n) is 5.84. The van der Waals surface area contributed by atoms with E-state index in [-0.39, 0.29) is 30.9 Å². The molecule has 2 atom stereocenters. The van der Waals surface area contributed by atoms with Crippen molar-refractivity contribution >= 4 is 12.0 Å². The molecule has 37 heavy (non-hydrogen) atoms. The summed E-state index contributed by atoms with van der Waals surface area (Å²) in [6.45, 7) is 12.1. The second-order valence-corrected chi connectivity index (χ2v) is 10.3. The van der Waals surface area contributed by atoms with Gasteiger partial charge in [-0.05, 0) is 56.9 Å². The summed E-state index contributed by atoms with van der Waals surface area (Å²) in [4.78, 5) is 15.9. The number of aliphatic carboxylic acids is 1. The van der Waals surface area contributed by atoms with Gasteiger partial charge in [-0.2, -0.15) is 0 Å². The third-order valence-corrected chi connectivity index (χ3v) is 5.84. The highest BCUT2D eigenvalue weighted by Crippen LogP contribution is 2.40. The number of carbonyl (C=O) groups is 1. The van der Waals surface area contributed by atoms with Gasteiger partial charge in [0.25, 0.3) is 0 Å².